The van der Waals surface area contributed by atoms with E-state index in [0.29, 0.717) is 16.7 Å². The van der Waals surface area contributed by atoms with E-state index in [2.05, 4.69) is 0 Å². The summed E-state index contributed by atoms with van der Waals surface area (Å²) >= 11 is 0. The maximum Gasteiger partial charge on any atom is 0.336 e. The van der Waals surface area contributed by atoms with E-state index in [1.54, 1.807) is 30.3 Å². The minimum atomic E-state index is -1.02. The monoisotopic (exact) mass is 350 g/mol. The van der Waals surface area contributed by atoms with E-state index in [-0.39, 0.29) is 11.1 Å². The number of carboxylic acid groups (broad SMARTS) is 2. The average Bonchev–Trinajstić information content (AvgIpc) is 2.69. The molecule has 0 aromatic heterocycles. The van der Waals surface area contributed by atoms with E-state index in [1.807, 2.05) is 30.3 Å². The molecule has 26 heavy (non-hydrogen) atoms. The molecular formula is C21H18O5. The second-order valence-electron chi connectivity index (χ2n) is 5.28. The molecule has 3 aromatic carbocycles. The number of aliphatic hydroxyl groups is 1. The molecule has 3 aromatic rings. The Bertz CT molecular complexity index is 917. The standard InChI is InChI=1S/C20H14O4.CH4O/c21-19(22)16-9-5-4-8-15(16)14-10-11-17(20(23)24)18(12-14)13-6-2-1-3-7-13;1-2/h1-12H,(H,21,22)(H,23,24);2H,1H3. The Hall–Kier alpha value is -3.44. The van der Waals surface area contributed by atoms with Gasteiger partial charge in [0, 0.05) is 7.11 Å². The van der Waals surface area contributed by atoms with Gasteiger partial charge in [0.05, 0.1) is 11.1 Å². The average molecular weight is 350 g/mol. The molecule has 0 saturated carbocycles. The fraction of sp³-hybridized carbons (Fsp3) is 0.0476. The van der Waals surface area contributed by atoms with Gasteiger partial charge in [0.2, 0.25) is 0 Å². The van der Waals surface area contributed by atoms with E-state index >= 15 is 0 Å². The SMILES string of the molecule is CO.O=C(O)c1ccccc1-c1ccc(C(=O)O)c(-c2ccccc2)c1. The summed E-state index contributed by atoms with van der Waals surface area (Å²) in [6.07, 6.45) is 0. The summed E-state index contributed by atoms with van der Waals surface area (Å²) < 4.78 is 0. The van der Waals surface area contributed by atoms with Crippen molar-refractivity contribution in [1.82, 2.24) is 0 Å². The molecule has 0 saturated heterocycles. The molecule has 0 aliphatic carbocycles. The minimum Gasteiger partial charge on any atom is -0.478 e. The summed E-state index contributed by atoms with van der Waals surface area (Å²) in [4.78, 5) is 23.0. The highest BCUT2D eigenvalue weighted by molar-refractivity contribution is 6.00. The molecule has 0 aliphatic heterocycles. The normalized spacial score (nSPS) is 9.77. The number of carboxylic acids is 2. The van der Waals surface area contributed by atoms with Crippen molar-refractivity contribution >= 4 is 11.9 Å². The molecule has 0 bridgehead atoms. The van der Waals surface area contributed by atoms with Crippen molar-refractivity contribution in [3.63, 3.8) is 0 Å². The number of carbonyl (C=O) groups is 2. The third-order valence-electron chi connectivity index (χ3n) is 3.80. The second-order valence-corrected chi connectivity index (χ2v) is 5.28. The van der Waals surface area contributed by atoms with Crippen LogP contribution in [0.2, 0.25) is 0 Å². The first kappa shape index (κ1) is 18.9. The van der Waals surface area contributed by atoms with Crippen molar-refractivity contribution in [3.05, 3.63) is 83.9 Å². The van der Waals surface area contributed by atoms with Gasteiger partial charge in [0.25, 0.3) is 0 Å². The van der Waals surface area contributed by atoms with E-state index in [9.17, 15) is 19.8 Å². The van der Waals surface area contributed by atoms with Crippen LogP contribution in [0.3, 0.4) is 0 Å². The van der Waals surface area contributed by atoms with Gasteiger partial charge in [-0.25, -0.2) is 9.59 Å². The summed E-state index contributed by atoms with van der Waals surface area (Å²) in [5.41, 5.74) is 2.90. The maximum absolute atomic E-state index is 11.5. The third-order valence-corrected chi connectivity index (χ3v) is 3.80. The fourth-order valence-electron chi connectivity index (χ4n) is 2.68. The van der Waals surface area contributed by atoms with Crippen molar-refractivity contribution in [2.24, 2.45) is 0 Å². The van der Waals surface area contributed by atoms with Crippen molar-refractivity contribution < 1.29 is 24.9 Å². The quantitative estimate of drug-likeness (QED) is 0.660. The molecule has 0 radical (unpaired) electrons. The summed E-state index contributed by atoms with van der Waals surface area (Å²) in [6, 6.07) is 20.7. The largest absolute Gasteiger partial charge is 0.478 e. The van der Waals surface area contributed by atoms with E-state index in [1.165, 1.54) is 12.1 Å². The summed E-state index contributed by atoms with van der Waals surface area (Å²) in [7, 11) is 1.00. The molecule has 3 N–H and O–H groups in total. The van der Waals surface area contributed by atoms with E-state index < -0.39 is 11.9 Å². The Morgan fingerprint density at radius 1 is 0.615 bits per heavy atom. The van der Waals surface area contributed by atoms with Crippen LogP contribution in [0.5, 0.6) is 0 Å². The van der Waals surface area contributed by atoms with Gasteiger partial charge in [-0.2, -0.15) is 0 Å². The van der Waals surface area contributed by atoms with Gasteiger partial charge in [-0.1, -0.05) is 54.6 Å². The van der Waals surface area contributed by atoms with Crippen LogP contribution >= 0.6 is 0 Å². The zero-order valence-corrected chi connectivity index (χ0v) is 14.1. The van der Waals surface area contributed by atoms with Crippen molar-refractivity contribution in [1.29, 1.82) is 0 Å². The van der Waals surface area contributed by atoms with Gasteiger partial charge in [-0.05, 0) is 40.5 Å². The highest BCUT2D eigenvalue weighted by Gasteiger charge is 2.16. The lowest BCUT2D eigenvalue weighted by Gasteiger charge is -2.11. The summed E-state index contributed by atoms with van der Waals surface area (Å²) in [5.74, 6) is -2.04. The molecule has 0 unspecified atom stereocenters. The van der Waals surface area contributed by atoms with Gasteiger partial charge in [0.15, 0.2) is 0 Å². The Balaban J connectivity index is 0.00000117. The smallest absolute Gasteiger partial charge is 0.336 e. The van der Waals surface area contributed by atoms with Crippen molar-refractivity contribution in [2.75, 3.05) is 7.11 Å². The highest BCUT2D eigenvalue weighted by Crippen LogP contribution is 2.31. The summed E-state index contributed by atoms with van der Waals surface area (Å²) in [5, 5.41) is 25.8. The lowest BCUT2D eigenvalue weighted by molar-refractivity contribution is 0.0686. The molecule has 0 fully saturated rings. The molecule has 0 amide bonds. The first-order valence-electron chi connectivity index (χ1n) is 7.78. The summed E-state index contributed by atoms with van der Waals surface area (Å²) in [6.45, 7) is 0. The van der Waals surface area contributed by atoms with E-state index in [0.717, 1.165) is 12.7 Å². The number of hydrogen-bond acceptors (Lipinski definition) is 3. The number of benzene rings is 3. The van der Waals surface area contributed by atoms with Crippen molar-refractivity contribution in [3.8, 4) is 22.3 Å². The first-order valence-corrected chi connectivity index (χ1v) is 7.78. The second kappa shape index (κ2) is 8.60. The van der Waals surface area contributed by atoms with Gasteiger partial charge >= 0.3 is 11.9 Å². The van der Waals surface area contributed by atoms with Crippen LogP contribution in [0.15, 0.2) is 72.8 Å². The highest BCUT2D eigenvalue weighted by atomic mass is 16.4. The van der Waals surface area contributed by atoms with Gasteiger partial charge in [-0.15, -0.1) is 0 Å². The first-order chi connectivity index (χ1) is 12.6. The molecule has 5 heteroatoms. The Morgan fingerprint density at radius 2 is 1.15 bits per heavy atom. The van der Waals surface area contributed by atoms with Crippen LogP contribution in [0.1, 0.15) is 20.7 Å². The Labute approximate surface area is 150 Å². The lowest BCUT2D eigenvalue weighted by Crippen LogP contribution is -2.02. The zero-order chi connectivity index (χ0) is 19.1. The molecule has 0 heterocycles. The molecule has 0 spiro atoms. The van der Waals surface area contributed by atoms with Gasteiger partial charge in [0.1, 0.15) is 0 Å². The topological polar surface area (TPSA) is 94.8 Å². The molecular weight excluding hydrogens is 332 g/mol. The van der Waals surface area contributed by atoms with Crippen LogP contribution in [0.25, 0.3) is 22.3 Å². The van der Waals surface area contributed by atoms with Crippen LogP contribution in [0.4, 0.5) is 0 Å². The lowest BCUT2D eigenvalue weighted by atomic mass is 9.92. The van der Waals surface area contributed by atoms with Crippen LogP contribution in [0, 0.1) is 0 Å². The molecule has 0 aliphatic rings. The minimum absolute atomic E-state index is 0.178. The number of aromatic carboxylic acids is 2. The van der Waals surface area contributed by atoms with Gasteiger partial charge < -0.3 is 15.3 Å². The van der Waals surface area contributed by atoms with Crippen LogP contribution in [-0.2, 0) is 0 Å². The number of aliphatic hydroxyl groups excluding tert-OH is 1. The van der Waals surface area contributed by atoms with Crippen molar-refractivity contribution in [2.45, 2.75) is 0 Å². The van der Waals surface area contributed by atoms with E-state index in [4.69, 9.17) is 5.11 Å². The third kappa shape index (κ3) is 3.96. The van der Waals surface area contributed by atoms with Crippen LogP contribution in [-0.4, -0.2) is 34.4 Å². The number of hydrogen-bond donors (Lipinski definition) is 3. The number of rotatable bonds is 4. The Kier molecular flexibility index (Phi) is 6.25. The Morgan fingerprint density at radius 3 is 1.77 bits per heavy atom. The zero-order valence-electron chi connectivity index (χ0n) is 14.1. The van der Waals surface area contributed by atoms with Crippen LogP contribution < -0.4 is 0 Å². The molecule has 5 nitrogen and oxygen atoms in total. The molecule has 132 valence electrons. The maximum atomic E-state index is 11.5. The fourth-order valence-corrected chi connectivity index (χ4v) is 2.68. The molecule has 0 atom stereocenters. The molecule has 3 rings (SSSR count). The van der Waals surface area contributed by atoms with Gasteiger partial charge in [-0.3, -0.25) is 0 Å². The predicted octanol–water partition coefficient (Wildman–Crippen LogP) is 4.03. The predicted molar refractivity (Wildman–Crippen MR) is 99.4 cm³/mol.